The molecule has 0 atom stereocenters. The highest BCUT2D eigenvalue weighted by atomic mass is 32.2. The van der Waals surface area contributed by atoms with E-state index in [4.69, 9.17) is 4.74 Å². The van der Waals surface area contributed by atoms with E-state index in [1.807, 2.05) is 60.7 Å². The molecule has 0 aliphatic carbocycles. The molecule has 5 nitrogen and oxygen atoms in total. The lowest BCUT2D eigenvalue weighted by molar-refractivity contribution is -0.122. The second-order valence-corrected chi connectivity index (χ2v) is 6.61. The summed E-state index contributed by atoms with van der Waals surface area (Å²) in [5.41, 5.74) is 2.43. The van der Waals surface area contributed by atoms with Crippen LogP contribution in [0.25, 0.3) is 6.08 Å². The number of rotatable bonds is 3. The molecule has 6 heteroatoms. The second-order valence-electron chi connectivity index (χ2n) is 5.69. The van der Waals surface area contributed by atoms with E-state index in [1.165, 1.54) is 0 Å². The lowest BCUT2D eigenvalue weighted by Gasteiger charge is -2.34. The Kier molecular flexibility index (Phi) is 4.19. The van der Waals surface area contributed by atoms with E-state index < -0.39 is 0 Å². The highest BCUT2D eigenvalue weighted by Crippen LogP contribution is 2.34. The summed E-state index contributed by atoms with van der Waals surface area (Å²) in [5.74, 6) is 1.46. The van der Waals surface area contributed by atoms with Crippen molar-refractivity contribution in [1.82, 2.24) is 4.90 Å². The van der Waals surface area contributed by atoms with Gasteiger partial charge in [-0.1, -0.05) is 54.2 Å². The summed E-state index contributed by atoms with van der Waals surface area (Å²) in [7, 11) is 1.66. The molecule has 0 spiro atoms. The molecule has 0 bridgehead atoms. The Morgan fingerprint density at radius 2 is 1.88 bits per heavy atom. The number of benzene rings is 2. The highest BCUT2D eigenvalue weighted by molar-refractivity contribution is 8.14. The van der Waals surface area contributed by atoms with Gasteiger partial charge in [-0.25, -0.2) is 4.99 Å². The molecule has 25 heavy (non-hydrogen) atoms. The first kappa shape index (κ1) is 15.8. The Hall–Kier alpha value is -2.73. The standard InChI is InChI=1S/C19H17N3O2S/c1-24-17-10-6-5-9-16(17)21-12-22-18(23)15(20-19(22)25-13-21)11-14-7-3-2-4-8-14/h2-11H,12-13H2,1H3/b15-11-. The monoisotopic (exact) mass is 351 g/mol. The molecule has 2 aliphatic rings. The van der Waals surface area contributed by atoms with Gasteiger partial charge in [0, 0.05) is 0 Å². The van der Waals surface area contributed by atoms with Crippen LogP contribution in [0.15, 0.2) is 65.3 Å². The number of fused-ring (bicyclic) bond motifs is 1. The maximum atomic E-state index is 12.7. The molecule has 1 fully saturated rings. The highest BCUT2D eigenvalue weighted by Gasteiger charge is 2.35. The van der Waals surface area contributed by atoms with Crippen molar-refractivity contribution >= 4 is 34.6 Å². The number of amidine groups is 1. The van der Waals surface area contributed by atoms with Crippen LogP contribution in [0.3, 0.4) is 0 Å². The molecule has 0 aromatic heterocycles. The Morgan fingerprint density at radius 1 is 1.12 bits per heavy atom. The molecule has 4 rings (SSSR count). The lowest BCUT2D eigenvalue weighted by Crippen LogP contribution is -2.46. The molecule has 2 aromatic carbocycles. The van der Waals surface area contributed by atoms with Crippen molar-refractivity contribution in [2.45, 2.75) is 0 Å². The van der Waals surface area contributed by atoms with Gasteiger partial charge < -0.3 is 9.64 Å². The van der Waals surface area contributed by atoms with Crippen LogP contribution in [-0.2, 0) is 4.79 Å². The van der Waals surface area contributed by atoms with Crippen LogP contribution in [0, 0.1) is 0 Å². The molecule has 2 aromatic rings. The Balaban J connectivity index is 1.58. The van der Waals surface area contributed by atoms with Crippen LogP contribution in [-0.4, -0.2) is 35.6 Å². The minimum atomic E-state index is -0.0639. The van der Waals surface area contributed by atoms with Crippen LogP contribution in [0.1, 0.15) is 5.56 Å². The number of carbonyl (C=O) groups excluding carboxylic acids is 1. The lowest BCUT2D eigenvalue weighted by atomic mass is 10.2. The van der Waals surface area contributed by atoms with Crippen molar-refractivity contribution in [1.29, 1.82) is 0 Å². The molecule has 1 amide bonds. The van der Waals surface area contributed by atoms with Crippen LogP contribution < -0.4 is 9.64 Å². The number of hydrogen-bond acceptors (Lipinski definition) is 5. The van der Waals surface area contributed by atoms with E-state index in [1.54, 1.807) is 23.8 Å². The van der Waals surface area contributed by atoms with E-state index in [9.17, 15) is 4.79 Å². The van der Waals surface area contributed by atoms with E-state index >= 15 is 0 Å². The smallest absolute Gasteiger partial charge is 0.280 e. The van der Waals surface area contributed by atoms with Crippen molar-refractivity contribution in [3.8, 4) is 5.75 Å². The van der Waals surface area contributed by atoms with E-state index in [0.29, 0.717) is 12.4 Å². The van der Waals surface area contributed by atoms with Gasteiger partial charge in [0.1, 0.15) is 18.1 Å². The molecule has 126 valence electrons. The molecule has 0 N–H and O–H groups in total. The zero-order valence-electron chi connectivity index (χ0n) is 13.8. The number of thioether (sulfide) groups is 1. The molecule has 1 saturated heterocycles. The molecule has 0 unspecified atom stereocenters. The first-order valence-electron chi connectivity index (χ1n) is 7.94. The van der Waals surface area contributed by atoms with Gasteiger partial charge in [0.2, 0.25) is 0 Å². The fourth-order valence-corrected chi connectivity index (χ4v) is 3.81. The van der Waals surface area contributed by atoms with Gasteiger partial charge in [-0.05, 0) is 23.8 Å². The molecule has 2 heterocycles. The largest absolute Gasteiger partial charge is 0.495 e. The van der Waals surface area contributed by atoms with Crippen LogP contribution in [0.4, 0.5) is 5.69 Å². The molecular weight excluding hydrogens is 334 g/mol. The summed E-state index contributed by atoms with van der Waals surface area (Å²) in [6.45, 7) is 0.469. The third kappa shape index (κ3) is 3.00. The summed E-state index contributed by atoms with van der Waals surface area (Å²) in [6, 6.07) is 17.6. The number of carbonyl (C=O) groups is 1. The fourth-order valence-electron chi connectivity index (χ4n) is 2.86. The Labute approximate surface area is 150 Å². The summed E-state index contributed by atoms with van der Waals surface area (Å²) in [6.07, 6.45) is 1.83. The van der Waals surface area contributed by atoms with Crippen molar-refractivity contribution in [3.63, 3.8) is 0 Å². The predicted octanol–water partition coefficient (Wildman–Crippen LogP) is 3.40. The number of methoxy groups -OCH3 is 1. The normalized spacial score (nSPS) is 18.4. The SMILES string of the molecule is COc1ccccc1N1CSC2=N/C(=C\c3ccccc3)C(=O)N2C1. The van der Waals surface area contributed by atoms with Gasteiger partial charge >= 0.3 is 0 Å². The number of hydrogen-bond donors (Lipinski definition) is 0. The van der Waals surface area contributed by atoms with Crippen molar-refractivity contribution in [2.24, 2.45) is 4.99 Å². The summed E-state index contributed by atoms with van der Waals surface area (Å²) >= 11 is 1.56. The van der Waals surface area contributed by atoms with E-state index in [-0.39, 0.29) is 5.91 Å². The minimum absolute atomic E-state index is 0.0639. The maximum Gasteiger partial charge on any atom is 0.280 e. The average molecular weight is 351 g/mol. The Bertz CT molecular complexity index is 864. The first-order valence-corrected chi connectivity index (χ1v) is 8.93. The van der Waals surface area contributed by atoms with Gasteiger partial charge in [0.05, 0.1) is 18.7 Å². The topological polar surface area (TPSA) is 45.1 Å². The van der Waals surface area contributed by atoms with Gasteiger partial charge in [-0.15, -0.1) is 0 Å². The molecule has 0 saturated carbocycles. The molecular formula is C19H17N3O2S. The number of ether oxygens (including phenoxy) is 1. The predicted molar refractivity (Wildman–Crippen MR) is 101 cm³/mol. The van der Waals surface area contributed by atoms with Gasteiger partial charge in [-0.2, -0.15) is 0 Å². The Morgan fingerprint density at radius 3 is 2.68 bits per heavy atom. The molecule has 0 radical (unpaired) electrons. The van der Waals surface area contributed by atoms with Crippen molar-refractivity contribution < 1.29 is 9.53 Å². The zero-order chi connectivity index (χ0) is 17.2. The van der Waals surface area contributed by atoms with Crippen LogP contribution >= 0.6 is 11.8 Å². The van der Waals surface area contributed by atoms with Crippen molar-refractivity contribution in [3.05, 3.63) is 65.9 Å². The second kappa shape index (κ2) is 6.64. The summed E-state index contributed by atoms with van der Waals surface area (Å²) in [5, 5.41) is 0.762. The van der Waals surface area contributed by atoms with Gasteiger partial charge in [0.15, 0.2) is 5.17 Å². The van der Waals surface area contributed by atoms with Gasteiger partial charge in [0.25, 0.3) is 5.91 Å². The maximum absolute atomic E-state index is 12.7. The number of nitrogens with zero attached hydrogens (tertiary/aromatic N) is 3. The zero-order valence-corrected chi connectivity index (χ0v) is 14.6. The van der Waals surface area contributed by atoms with E-state index in [2.05, 4.69) is 9.89 Å². The van der Waals surface area contributed by atoms with Crippen LogP contribution in [0.5, 0.6) is 5.75 Å². The van der Waals surface area contributed by atoms with Gasteiger partial charge in [-0.3, -0.25) is 9.69 Å². The third-order valence-corrected chi connectivity index (χ3v) is 5.11. The fraction of sp³-hybridized carbons (Fsp3) is 0.158. The first-order chi connectivity index (χ1) is 12.3. The number of para-hydroxylation sites is 2. The number of amides is 1. The van der Waals surface area contributed by atoms with Crippen molar-refractivity contribution in [2.75, 3.05) is 24.6 Å². The quantitative estimate of drug-likeness (QED) is 0.795. The minimum Gasteiger partial charge on any atom is -0.495 e. The van der Waals surface area contributed by atoms with Crippen LogP contribution in [0.2, 0.25) is 0 Å². The third-order valence-electron chi connectivity index (χ3n) is 4.10. The molecule has 2 aliphatic heterocycles. The summed E-state index contributed by atoms with van der Waals surface area (Å²) in [4.78, 5) is 21.1. The number of anilines is 1. The summed E-state index contributed by atoms with van der Waals surface area (Å²) < 4.78 is 5.44. The number of aliphatic imine (C=N–C) groups is 1. The average Bonchev–Trinajstić information content (AvgIpc) is 2.97. The van der Waals surface area contributed by atoms with E-state index in [0.717, 1.165) is 28.0 Å².